The number of carbonyl (C=O) groups is 1. The van der Waals surface area contributed by atoms with Gasteiger partial charge in [-0.3, -0.25) is 4.79 Å². The van der Waals surface area contributed by atoms with Crippen molar-refractivity contribution in [1.29, 1.82) is 0 Å². The molecule has 1 fully saturated rings. The summed E-state index contributed by atoms with van der Waals surface area (Å²) in [4.78, 5) is 12.4. The average molecular weight is 209 g/mol. The molecule has 0 bridgehead atoms. The third-order valence-electron chi connectivity index (χ3n) is 2.03. The second kappa shape index (κ2) is 3.82. The van der Waals surface area contributed by atoms with Crippen LogP contribution in [0, 0.1) is 5.92 Å². The molecule has 0 radical (unpaired) electrons. The van der Waals surface area contributed by atoms with E-state index in [1.807, 2.05) is 6.92 Å². The van der Waals surface area contributed by atoms with Gasteiger partial charge in [0.1, 0.15) is 0 Å². The number of hydrogen-bond donors (Lipinski definition) is 1. The van der Waals surface area contributed by atoms with Crippen molar-refractivity contribution in [1.82, 2.24) is 4.90 Å². The molecule has 0 aromatic rings. The second-order valence-corrected chi connectivity index (χ2v) is 3.96. The summed E-state index contributed by atoms with van der Waals surface area (Å²) in [6.45, 7) is 1.05. The van der Waals surface area contributed by atoms with Crippen LogP contribution in [0.15, 0.2) is 0 Å². The van der Waals surface area contributed by atoms with Gasteiger partial charge >= 0.3 is 0 Å². The minimum atomic E-state index is -2.65. The molecule has 1 amide bonds. The minimum absolute atomic E-state index is 0.157. The lowest BCUT2D eigenvalue weighted by atomic mass is 10.1. The number of carbonyl (C=O) groups excluding carboxylic acids is 1. The quantitative estimate of drug-likeness (QED) is 0.697. The van der Waals surface area contributed by atoms with Crippen LogP contribution in [0.25, 0.3) is 0 Å². The third-order valence-corrected chi connectivity index (χ3v) is 2.66. The van der Waals surface area contributed by atoms with Crippen LogP contribution < -0.4 is 0 Å². The Morgan fingerprint density at radius 1 is 1.62 bits per heavy atom. The molecule has 0 aromatic heterocycles. The smallest absolute Gasteiger partial charge is 0.282 e. The highest BCUT2D eigenvalue weighted by Crippen LogP contribution is 2.27. The molecular weight excluding hydrogens is 196 g/mol. The summed E-state index contributed by atoms with van der Waals surface area (Å²) in [7, 11) is 0. The van der Waals surface area contributed by atoms with E-state index in [4.69, 9.17) is 0 Å². The lowest BCUT2D eigenvalue weighted by Gasteiger charge is -2.39. The Morgan fingerprint density at radius 2 is 2.15 bits per heavy atom. The molecular formula is C8H13F2NOS. The fraction of sp³-hybridized carbons (Fsp3) is 0.875. The van der Waals surface area contributed by atoms with Gasteiger partial charge in [-0.15, -0.1) is 0 Å². The molecule has 76 valence electrons. The standard InChI is InChI=1S/C8H13F2NOS/c1-6(3-13)2-7(12)11-4-8(9,10)5-11/h6,13H,2-5H2,1H3. The van der Waals surface area contributed by atoms with Gasteiger partial charge in [0.15, 0.2) is 0 Å². The van der Waals surface area contributed by atoms with Crippen LogP contribution in [0.2, 0.25) is 0 Å². The monoisotopic (exact) mass is 209 g/mol. The largest absolute Gasteiger partial charge is 0.330 e. The maximum Gasteiger partial charge on any atom is 0.282 e. The number of likely N-dealkylation sites (tertiary alicyclic amines) is 1. The van der Waals surface area contributed by atoms with Crippen LogP contribution in [0.4, 0.5) is 8.78 Å². The number of rotatable bonds is 3. The number of halogens is 2. The van der Waals surface area contributed by atoms with Gasteiger partial charge in [-0.05, 0) is 11.7 Å². The van der Waals surface area contributed by atoms with E-state index in [1.165, 1.54) is 4.90 Å². The zero-order valence-electron chi connectivity index (χ0n) is 7.46. The molecule has 0 saturated carbocycles. The normalized spacial score (nSPS) is 22.3. The topological polar surface area (TPSA) is 20.3 Å². The minimum Gasteiger partial charge on any atom is -0.330 e. The second-order valence-electron chi connectivity index (χ2n) is 3.60. The molecule has 1 unspecified atom stereocenters. The van der Waals surface area contributed by atoms with Gasteiger partial charge in [0, 0.05) is 6.42 Å². The summed E-state index contributed by atoms with van der Waals surface area (Å²) >= 11 is 4.02. The predicted octanol–water partition coefficient (Wildman–Crippen LogP) is 1.42. The molecule has 1 saturated heterocycles. The Bertz CT molecular complexity index is 202. The first-order chi connectivity index (χ1) is 5.94. The molecule has 2 nitrogen and oxygen atoms in total. The molecule has 0 N–H and O–H groups in total. The van der Waals surface area contributed by atoms with Crippen molar-refractivity contribution >= 4 is 18.5 Å². The van der Waals surface area contributed by atoms with Crippen molar-refractivity contribution in [3.8, 4) is 0 Å². The van der Waals surface area contributed by atoms with Crippen LogP contribution in [0.3, 0.4) is 0 Å². The highest BCUT2D eigenvalue weighted by Gasteiger charge is 2.45. The number of nitrogens with zero attached hydrogens (tertiary/aromatic N) is 1. The highest BCUT2D eigenvalue weighted by molar-refractivity contribution is 7.80. The van der Waals surface area contributed by atoms with Crippen molar-refractivity contribution < 1.29 is 13.6 Å². The van der Waals surface area contributed by atoms with Gasteiger partial charge in [-0.1, -0.05) is 6.92 Å². The molecule has 5 heteroatoms. The Kier molecular flexibility index (Phi) is 3.16. The average Bonchev–Trinajstić information content (AvgIpc) is 1.99. The first kappa shape index (κ1) is 10.8. The van der Waals surface area contributed by atoms with E-state index in [-0.39, 0.29) is 11.8 Å². The van der Waals surface area contributed by atoms with Crippen molar-refractivity contribution in [3.05, 3.63) is 0 Å². The van der Waals surface area contributed by atoms with Crippen LogP contribution in [0.5, 0.6) is 0 Å². The number of alkyl halides is 2. The molecule has 1 rings (SSSR count). The van der Waals surface area contributed by atoms with Gasteiger partial charge < -0.3 is 4.90 Å². The van der Waals surface area contributed by atoms with Gasteiger partial charge in [-0.25, -0.2) is 8.78 Å². The summed E-state index contributed by atoms with van der Waals surface area (Å²) in [5.41, 5.74) is 0. The Balaban J connectivity index is 2.27. The van der Waals surface area contributed by atoms with E-state index in [9.17, 15) is 13.6 Å². The molecule has 1 heterocycles. The Morgan fingerprint density at radius 3 is 2.54 bits per heavy atom. The highest BCUT2D eigenvalue weighted by atomic mass is 32.1. The summed E-state index contributed by atoms with van der Waals surface area (Å²) < 4.78 is 24.7. The number of thiol groups is 1. The summed E-state index contributed by atoms with van der Waals surface area (Å²) in [5, 5.41) is 0. The van der Waals surface area contributed by atoms with Gasteiger partial charge in [0.05, 0.1) is 13.1 Å². The maximum atomic E-state index is 12.4. The zero-order valence-corrected chi connectivity index (χ0v) is 8.36. The maximum absolute atomic E-state index is 12.4. The van der Waals surface area contributed by atoms with Crippen LogP contribution in [0.1, 0.15) is 13.3 Å². The first-order valence-electron chi connectivity index (χ1n) is 4.21. The van der Waals surface area contributed by atoms with Crippen molar-refractivity contribution in [2.24, 2.45) is 5.92 Å². The Hall–Kier alpha value is -0.320. The molecule has 1 atom stereocenters. The first-order valence-corrected chi connectivity index (χ1v) is 4.84. The van der Waals surface area contributed by atoms with Crippen LogP contribution in [-0.2, 0) is 4.79 Å². The van der Waals surface area contributed by atoms with Crippen molar-refractivity contribution in [3.63, 3.8) is 0 Å². The van der Waals surface area contributed by atoms with E-state index in [0.717, 1.165) is 0 Å². The van der Waals surface area contributed by atoms with Crippen molar-refractivity contribution in [2.75, 3.05) is 18.8 Å². The van der Waals surface area contributed by atoms with E-state index >= 15 is 0 Å². The third kappa shape index (κ3) is 2.83. The van der Waals surface area contributed by atoms with E-state index < -0.39 is 19.0 Å². The van der Waals surface area contributed by atoms with E-state index in [0.29, 0.717) is 12.2 Å². The fourth-order valence-corrected chi connectivity index (χ4v) is 1.31. The molecule has 1 aliphatic rings. The lowest BCUT2D eigenvalue weighted by Crippen LogP contribution is -2.58. The Labute approximate surface area is 81.7 Å². The summed E-state index contributed by atoms with van der Waals surface area (Å²) in [6.07, 6.45) is 0.319. The number of amides is 1. The number of hydrogen-bond acceptors (Lipinski definition) is 2. The van der Waals surface area contributed by atoms with Gasteiger partial charge in [0.25, 0.3) is 5.92 Å². The molecule has 0 spiro atoms. The summed E-state index contributed by atoms with van der Waals surface area (Å²) in [5.74, 6) is -2.08. The fourth-order valence-electron chi connectivity index (χ4n) is 1.18. The predicted molar refractivity (Wildman–Crippen MR) is 49.2 cm³/mol. The van der Waals surface area contributed by atoms with Crippen LogP contribution >= 0.6 is 12.6 Å². The molecule has 13 heavy (non-hydrogen) atoms. The lowest BCUT2D eigenvalue weighted by molar-refractivity contribution is -0.166. The van der Waals surface area contributed by atoms with Gasteiger partial charge in [0.2, 0.25) is 5.91 Å². The summed E-state index contributed by atoms with van der Waals surface area (Å²) in [6, 6.07) is 0. The molecule has 0 aliphatic carbocycles. The van der Waals surface area contributed by atoms with Gasteiger partial charge in [-0.2, -0.15) is 12.6 Å². The van der Waals surface area contributed by atoms with E-state index in [2.05, 4.69) is 12.6 Å². The van der Waals surface area contributed by atoms with Crippen LogP contribution in [-0.4, -0.2) is 35.6 Å². The van der Waals surface area contributed by atoms with E-state index in [1.54, 1.807) is 0 Å². The molecule has 1 aliphatic heterocycles. The zero-order chi connectivity index (χ0) is 10.1. The molecule has 0 aromatic carbocycles. The van der Waals surface area contributed by atoms with Crippen molar-refractivity contribution in [2.45, 2.75) is 19.3 Å². The SMILES string of the molecule is CC(CS)CC(=O)N1CC(F)(F)C1.